The van der Waals surface area contributed by atoms with E-state index in [1.165, 1.54) is 40.9 Å². The number of anilines is 1. The Morgan fingerprint density at radius 2 is 1.89 bits per heavy atom. The molecule has 0 spiro atoms. The molecule has 1 aromatic heterocycles. The van der Waals surface area contributed by atoms with Gasteiger partial charge in [-0.25, -0.2) is 8.42 Å². The highest BCUT2D eigenvalue weighted by atomic mass is 32.2. The fourth-order valence-electron chi connectivity index (χ4n) is 4.24. The smallest absolute Gasteiger partial charge is 0.322 e. The first-order chi connectivity index (χ1) is 13.4. The molecule has 1 amide bonds. The van der Waals surface area contributed by atoms with E-state index < -0.39 is 27.9 Å². The topological polar surface area (TPSA) is 117 Å². The first kappa shape index (κ1) is 18.7. The van der Waals surface area contributed by atoms with Gasteiger partial charge in [0.05, 0.1) is 11.2 Å². The fraction of sp³-hybridized carbons (Fsp3) is 0.368. The van der Waals surface area contributed by atoms with E-state index in [0.29, 0.717) is 18.5 Å². The number of carboxylic acid groups (broad SMARTS) is 1. The summed E-state index contributed by atoms with van der Waals surface area (Å²) >= 11 is 0. The maximum Gasteiger partial charge on any atom is 0.322 e. The summed E-state index contributed by atoms with van der Waals surface area (Å²) in [5.41, 5.74) is 0.412. The number of carboxylic acids is 1. The summed E-state index contributed by atoms with van der Waals surface area (Å²) in [4.78, 5) is 23.7. The lowest BCUT2D eigenvalue weighted by Crippen LogP contribution is -2.44. The zero-order chi connectivity index (χ0) is 19.9. The molecule has 2 N–H and O–H groups in total. The second-order valence-electron chi connectivity index (χ2n) is 7.14. The Bertz CT molecular complexity index is 984. The molecule has 3 atom stereocenters. The first-order valence-corrected chi connectivity index (χ1v) is 10.5. The molecule has 28 heavy (non-hydrogen) atoms. The van der Waals surface area contributed by atoms with Crippen molar-refractivity contribution in [3.63, 3.8) is 0 Å². The van der Waals surface area contributed by atoms with Gasteiger partial charge < -0.3 is 14.8 Å². The van der Waals surface area contributed by atoms with E-state index in [1.807, 2.05) is 0 Å². The van der Waals surface area contributed by atoms with E-state index in [2.05, 4.69) is 5.32 Å². The SMILES string of the molecule is O=C(Nc1ccc(S(=O)(=O)N2C(C(=O)O)C[C@H]3CCC[C@H]32)cc1)c1ccco1. The van der Waals surface area contributed by atoms with E-state index in [1.54, 1.807) is 6.07 Å². The minimum Gasteiger partial charge on any atom is -0.480 e. The van der Waals surface area contributed by atoms with E-state index in [4.69, 9.17) is 4.42 Å². The predicted molar refractivity (Wildman–Crippen MR) is 99.3 cm³/mol. The molecular formula is C19H20N2O6S. The molecule has 2 aliphatic rings. The van der Waals surface area contributed by atoms with Gasteiger partial charge in [0.2, 0.25) is 10.0 Å². The minimum absolute atomic E-state index is 0.0160. The molecule has 4 rings (SSSR count). The van der Waals surface area contributed by atoms with Crippen LogP contribution in [-0.4, -0.2) is 41.8 Å². The van der Waals surface area contributed by atoms with Gasteiger partial charge in [0, 0.05) is 11.7 Å². The number of hydrogen-bond donors (Lipinski definition) is 2. The van der Waals surface area contributed by atoms with Gasteiger partial charge >= 0.3 is 5.97 Å². The summed E-state index contributed by atoms with van der Waals surface area (Å²) in [7, 11) is -3.95. The predicted octanol–water partition coefficient (Wildman–Crippen LogP) is 2.55. The van der Waals surface area contributed by atoms with Crippen LogP contribution in [0.25, 0.3) is 0 Å². The minimum atomic E-state index is -3.95. The highest BCUT2D eigenvalue weighted by Gasteiger charge is 2.52. The van der Waals surface area contributed by atoms with Crippen LogP contribution in [0.2, 0.25) is 0 Å². The molecule has 1 aromatic carbocycles. The summed E-state index contributed by atoms with van der Waals surface area (Å²) in [6.07, 6.45) is 4.20. The van der Waals surface area contributed by atoms with Crippen LogP contribution < -0.4 is 5.32 Å². The second kappa shape index (κ2) is 7.06. The largest absolute Gasteiger partial charge is 0.480 e. The molecule has 1 aliphatic heterocycles. The van der Waals surface area contributed by atoms with E-state index >= 15 is 0 Å². The number of nitrogens with one attached hydrogen (secondary N) is 1. The van der Waals surface area contributed by atoms with Crippen molar-refractivity contribution in [1.29, 1.82) is 0 Å². The maximum atomic E-state index is 13.2. The monoisotopic (exact) mass is 404 g/mol. The number of hydrogen-bond acceptors (Lipinski definition) is 5. The molecule has 1 unspecified atom stereocenters. The van der Waals surface area contributed by atoms with Crippen LogP contribution >= 0.6 is 0 Å². The Kier molecular flexibility index (Phi) is 4.72. The van der Waals surface area contributed by atoms with Crippen LogP contribution in [0, 0.1) is 5.92 Å². The number of amides is 1. The van der Waals surface area contributed by atoms with Crippen LogP contribution in [0.15, 0.2) is 52.0 Å². The molecule has 0 bridgehead atoms. The molecule has 148 valence electrons. The lowest BCUT2D eigenvalue weighted by atomic mass is 10.0. The number of rotatable bonds is 5. The summed E-state index contributed by atoms with van der Waals surface area (Å²) in [5.74, 6) is -1.31. The quantitative estimate of drug-likeness (QED) is 0.791. The number of furan rings is 1. The third kappa shape index (κ3) is 3.20. The Morgan fingerprint density at radius 3 is 2.54 bits per heavy atom. The van der Waals surface area contributed by atoms with Crippen LogP contribution in [0.1, 0.15) is 36.2 Å². The average Bonchev–Trinajstić information content (AvgIpc) is 3.38. The average molecular weight is 404 g/mol. The molecule has 2 aromatic rings. The van der Waals surface area contributed by atoms with Crippen molar-refractivity contribution in [3.8, 4) is 0 Å². The highest BCUT2D eigenvalue weighted by Crippen LogP contribution is 2.44. The van der Waals surface area contributed by atoms with Crippen molar-refractivity contribution >= 4 is 27.6 Å². The van der Waals surface area contributed by atoms with Crippen LogP contribution in [0.5, 0.6) is 0 Å². The maximum absolute atomic E-state index is 13.2. The van der Waals surface area contributed by atoms with Gasteiger partial charge in [0.25, 0.3) is 5.91 Å². The lowest BCUT2D eigenvalue weighted by molar-refractivity contribution is -0.141. The number of carbonyl (C=O) groups is 2. The summed E-state index contributed by atoms with van der Waals surface area (Å²) in [6.45, 7) is 0. The third-order valence-electron chi connectivity index (χ3n) is 5.50. The molecule has 1 saturated carbocycles. The number of aliphatic carboxylic acids is 1. The molecule has 1 aliphatic carbocycles. The van der Waals surface area contributed by atoms with Crippen LogP contribution in [0.3, 0.4) is 0 Å². The zero-order valence-electron chi connectivity index (χ0n) is 14.9. The Labute approximate surface area is 162 Å². The van der Waals surface area contributed by atoms with E-state index in [9.17, 15) is 23.1 Å². The summed E-state index contributed by atoms with van der Waals surface area (Å²) < 4.78 is 32.5. The molecule has 2 fully saturated rings. The number of benzene rings is 1. The van der Waals surface area contributed by atoms with Gasteiger partial charge in [-0.15, -0.1) is 0 Å². The molecule has 1 saturated heterocycles. The Hall–Kier alpha value is -2.65. The van der Waals surface area contributed by atoms with Crippen molar-refractivity contribution in [1.82, 2.24) is 4.31 Å². The Morgan fingerprint density at radius 1 is 1.14 bits per heavy atom. The second-order valence-corrected chi connectivity index (χ2v) is 8.98. The van der Waals surface area contributed by atoms with Crippen LogP contribution in [0.4, 0.5) is 5.69 Å². The molecule has 8 nitrogen and oxygen atoms in total. The molecule has 9 heteroatoms. The van der Waals surface area contributed by atoms with Gasteiger partial charge in [0.1, 0.15) is 6.04 Å². The van der Waals surface area contributed by atoms with Crippen molar-refractivity contribution in [2.45, 2.75) is 42.7 Å². The fourth-order valence-corrected chi connectivity index (χ4v) is 6.11. The number of fused-ring (bicyclic) bond motifs is 1. The van der Waals surface area contributed by atoms with Crippen molar-refractivity contribution < 1.29 is 27.5 Å². The van der Waals surface area contributed by atoms with E-state index in [-0.39, 0.29) is 22.6 Å². The molecular weight excluding hydrogens is 384 g/mol. The zero-order valence-corrected chi connectivity index (χ0v) is 15.8. The van der Waals surface area contributed by atoms with Gasteiger partial charge in [-0.2, -0.15) is 4.31 Å². The number of nitrogens with zero attached hydrogens (tertiary/aromatic N) is 1. The molecule has 2 heterocycles. The lowest BCUT2D eigenvalue weighted by Gasteiger charge is -2.26. The Balaban J connectivity index is 1.57. The molecule has 0 radical (unpaired) electrons. The highest BCUT2D eigenvalue weighted by molar-refractivity contribution is 7.89. The standard InChI is InChI=1S/C19H20N2O6S/c22-18(17-5-2-10-27-17)20-13-6-8-14(9-7-13)28(25,26)21-15-4-1-3-12(15)11-16(21)19(23)24/h2,5-10,12,15-16H,1,3-4,11H2,(H,20,22)(H,23,24)/t12-,15-,16?/m1/s1. The summed E-state index contributed by atoms with van der Waals surface area (Å²) in [6, 6.07) is 7.55. The number of carbonyl (C=O) groups excluding carboxylic acids is 1. The van der Waals surface area contributed by atoms with E-state index in [0.717, 1.165) is 12.8 Å². The van der Waals surface area contributed by atoms with Gasteiger partial charge in [0.15, 0.2) is 5.76 Å². The van der Waals surface area contributed by atoms with Crippen molar-refractivity contribution in [2.75, 3.05) is 5.32 Å². The van der Waals surface area contributed by atoms with Gasteiger partial charge in [-0.05, 0) is 61.6 Å². The van der Waals surface area contributed by atoms with Crippen molar-refractivity contribution in [3.05, 3.63) is 48.4 Å². The van der Waals surface area contributed by atoms with Crippen molar-refractivity contribution in [2.24, 2.45) is 5.92 Å². The normalized spacial score (nSPS) is 24.8. The summed E-state index contributed by atoms with van der Waals surface area (Å²) in [5, 5.41) is 12.1. The number of sulfonamides is 1. The first-order valence-electron chi connectivity index (χ1n) is 9.09. The van der Waals surface area contributed by atoms with Crippen LogP contribution in [-0.2, 0) is 14.8 Å². The van der Waals surface area contributed by atoms with Gasteiger partial charge in [-0.3, -0.25) is 9.59 Å². The van der Waals surface area contributed by atoms with Gasteiger partial charge in [-0.1, -0.05) is 6.42 Å². The third-order valence-corrected chi connectivity index (χ3v) is 7.44.